The Morgan fingerprint density at radius 1 is 1.00 bits per heavy atom. The lowest BCUT2D eigenvalue weighted by molar-refractivity contribution is 0.0944. The predicted octanol–water partition coefficient (Wildman–Crippen LogP) is 3.27. The number of carbonyl (C=O) groups is 2. The second-order valence-corrected chi connectivity index (χ2v) is 7.72. The third kappa shape index (κ3) is 3.94. The number of hydrogen-bond donors (Lipinski definition) is 2. The molecular weight excluding hydrogens is 416 g/mol. The minimum Gasteiger partial charge on any atom is -0.364 e. The number of amides is 2. The number of nitrogens with one attached hydrogen (secondary N) is 1. The Bertz CT molecular complexity index is 1470. The number of aromatic nitrogens is 4. The fourth-order valence-corrected chi connectivity index (χ4v) is 3.95. The summed E-state index contributed by atoms with van der Waals surface area (Å²) in [6.07, 6.45) is 4.22. The number of imidazole rings is 1. The van der Waals surface area contributed by atoms with Crippen LogP contribution in [0.1, 0.15) is 27.4 Å². The van der Waals surface area contributed by atoms with Crippen LogP contribution in [0, 0.1) is 0 Å². The van der Waals surface area contributed by atoms with E-state index in [4.69, 9.17) is 5.73 Å². The van der Waals surface area contributed by atoms with Crippen molar-refractivity contribution in [1.29, 1.82) is 0 Å². The highest BCUT2D eigenvalue weighted by atomic mass is 16.2. The summed E-state index contributed by atoms with van der Waals surface area (Å²) in [6, 6.07) is 21.4. The number of para-hydroxylation sites is 1. The number of rotatable bonds is 7. The molecule has 0 atom stereocenters. The van der Waals surface area contributed by atoms with Crippen LogP contribution < -0.4 is 11.1 Å². The molecule has 0 radical (unpaired) electrons. The van der Waals surface area contributed by atoms with Gasteiger partial charge in [0.05, 0.1) is 5.69 Å². The highest BCUT2D eigenvalue weighted by molar-refractivity contribution is 5.99. The summed E-state index contributed by atoms with van der Waals surface area (Å²) >= 11 is 0. The summed E-state index contributed by atoms with van der Waals surface area (Å²) in [7, 11) is 0. The second kappa shape index (κ2) is 8.58. The summed E-state index contributed by atoms with van der Waals surface area (Å²) in [5.74, 6) is -0.967. The van der Waals surface area contributed by atoms with Gasteiger partial charge in [0.2, 0.25) is 0 Å². The first-order chi connectivity index (χ1) is 16.1. The van der Waals surface area contributed by atoms with Crippen molar-refractivity contribution < 1.29 is 9.59 Å². The van der Waals surface area contributed by atoms with Gasteiger partial charge < -0.3 is 15.6 Å². The monoisotopic (exact) mass is 438 g/mol. The molecule has 8 nitrogen and oxygen atoms in total. The minimum absolute atomic E-state index is 0.0290. The molecule has 33 heavy (non-hydrogen) atoms. The van der Waals surface area contributed by atoms with E-state index < -0.39 is 5.91 Å². The lowest BCUT2D eigenvalue weighted by atomic mass is 10.1. The van der Waals surface area contributed by atoms with Crippen LogP contribution in [0.3, 0.4) is 0 Å². The number of carbonyl (C=O) groups excluding carboxylic acids is 2. The molecule has 2 amide bonds. The van der Waals surface area contributed by atoms with Crippen molar-refractivity contribution in [3.63, 3.8) is 0 Å². The van der Waals surface area contributed by atoms with Gasteiger partial charge in [-0.1, -0.05) is 48.5 Å². The molecule has 3 N–H and O–H groups in total. The van der Waals surface area contributed by atoms with Gasteiger partial charge in [-0.3, -0.25) is 14.0 Å². The third-order valence-electron chi connectivity index (χ3n) is 5.58. The standard InChI is InChI=1S/C25H22N6O2/c26-23(32)22-24-29-19(17-7-2-1-3-8-17)15-21(31(24)16-28-22)25(33)27-12-6-13-30-14-11-18-9-4-5-10-20(18)30/h1-5,7-11,14-16H,6,12-13H2,(H2,26,32)(H,27,33). The van der Waals surface area contributed by atoms with Gasteiger partial charge in [-0.25, -0.2) is 9.97 Å². The molecule has 5 rings (SSSR count). The van der Waals surface area contributed by atoms with Gasteiger partial charge in [0.15, 0.2) is 11.3 Å². The molecule has 0 unspecified atom stereocenters. The molecule has 0 fully saturated rings. The van der Waals surface area contributed by atoms with Crippen molar-refractivity contribution in [1.82, 2.24) is 24.3 Å². The Labute approximate surface area is 189 Å². The Morgan fingerprint density at radius 3 is 2.61 bits per heavy atom. The van der Waals surface area contributed by atoms with Crippen LogP contribution in [-0.4, -0.2) is 37.3 Å². The molecule has 0 saturated heterocycles. The molecule has 0 aliphatic carbocycles. The maximum absolute atomic E-state index is 13.1. The zero-order valence-electron chi connectivity index (χ0n) is 17.8. The Kier molecular flexibility index (Phi) is 5.32. The summed E-state index contributed by atoms with van der Waals surface area (Å²) in [5, 5.41) is 4.17. The van der Waals surface area contributed by atoms with Crippen LogP contribution in [-0.2, 0) is 6.54 Å². The molecular formula is C25H22N6O2. The second-order valence-electron chi connectivity index (χ2n) is 7.72. The highest BCUT2D eigenvalue weighted by Crippen LogP contribution is 2.21. The topological polar surface area (TPSA) is 107 Å². The number of hydrogen-bond acceptors (Lipinski definition) is 4. The number of aryl methyl sites for hydroxylation is 1. The Hall–Kier alpha value is -4.46. The van der Waals surface area contributed by atoms with Crippen LogP contribution in [0.4, 0.5) is 0 Å². The van der Waals surface area contributed by atoms with Crippen molar-refractivity contribution in [3.8, 4) is 11.3 Å². The lowest BCUT2D eigenvalue weighted by Gasteiger charge is -2.11. The summed E-state index contributed by atoms with van der Waals surface area (Å²) in [5.41, 5.74) is 8.65. The quantitative estimate of drug-likeness (QED) is 0.380. The Morgan fingerprint density at radius 2 is 1.79 bits per heavy atom. The average molecular weight is 438 g/mol. The van der Waals surface area contributed by atoms with Gasteiger partial charge in [0, 0.05) is 30.4 Å². The molecule has 164 valence electrons. The number of fused-ring (bicyclic) bond motifs is 2. The van der Waals surface area contributed by atoms with E-state index in [1.54, 1.807) is 6.07 Å². The van der Waals surface area contributed by atoms with Gasteiger partial charge in [-0.15, -0.1) is 0 Å². The summed E-state index contributed by atoms with van der Waals surface area (Å²) < 4.78 is 3.68. The molecule has 5 aromatic rings. The number of nitrogens with zero attached hydrogens (tertiary/aromatic N) is 4. The molecule has 8 heteroatoms. The van der Waals surface area contributed by atoms with E-state index in [1.807, 2.05) is 42.5 Å². The molecule has 0 saturated carbocycles. The van der Waals surface area contributed by atoms with E-state index >= 15 is 0 Å². The van der Waals surface area contributed by atoms with Crippen molar-refractivity contribution in [3.05, 3.63) is 90.6 Å². The molecule has 0 bridgehead atoms. The molecule has 3 heterocycles. The predicted molar refractivity (Wildman–Crippen MR) is 126 cm³/mol. The zero-order valence-corrected chi connectivity index (χ0v) is 17.8. The van der Waals surface area contributed by atoms with Gasteiger partial charge in [-0.05, 0) is 30.0 Å². The number of benzene rings is 2. The average Bonchev–Trinajstić information content (AvgIpc) is 3.46. The fraction of sp³-hybridized carbons (Fsp3) is 0.120. The number of nitrogens with two attached hydrogens (primary N) is 1. The first kappa shape index (κ1) is 20.4. The molecule has 0 spiro atoms. The van der Waals surface area contributed by atoms with Crippen LogP contribution >= 0.6 is 0 Å². The van der Waals surface area contributed by atoms with Gasteiger partial charge >= 0.3 is 0 Å². The maximum Gasteiger partial charge on any atom is 0.271 e. The van der Waals surface area contributed by atoms with E-state index in [1.165, 1.54) is 21.6 Å². The molecule has 2 aromatic carbocycles. The lowest BCUT2D eigenvalue weighted by Crippen LogP contribution is -2.27. The third-order valence-corrected chi connectivity index (χ3v) is 5.58. The zero-order chi connectivity index (χ0) is 22.8. The van der Waals surface area contributed by atoms with E-state index in [0.717, 1.165) is 18.5 Å². The van der Waals surface area contributed by atoms with Crippen LogP contribution in [0.15, 0.2) is 79.3 Å². The number of primary amides is 1. The van der Waals surface area contributed by atoms with Gasteiger partial charge in [-0.2, -0.15) is 0 Å². The summed E-state index contributed by atoms with van der Waals surface area (Å²) in [4.78, 5) is 33.5. The van der Waals surface area contributed by atoms with Crippen molar-refractivity contribution in [2.45, 2.75) is 13.0 Å². The van der Waals surface area contributed by atoms with Crippen LogP contribution in [0.5, 0.6) is 0 Å². The van der Waals surface area contributed by atoms with Crippen molar-refractivity contribution in [2.24, 2.45) is 5.73 Å². The van der Waals surface area contributed by atoms with E-state index in [-0.39, 0.29) is 17.2 Å². The molecule has 0 aliphatic heterocycles. The minimum atomic E-state index is -0.694. The first-order valence-corrected chi connectivity index (χ1v) is 10.7. The summed E-state index contributed by atoms with van der Waals surface area (Å²) in [6.45, 7) is 1.28. The largest absolute Gasteiger partial charge is 0.364 e. The van der Waals surface area contributed by atoms with E-state index in [0.29, 0.717) is 17.9 Å². The molecule has 0 aliphatic rings. The normalized spacial score (nSPS) is 11.2. The van der Waals surface area contributed by atoms with Gasteiger partial charge in [0.25, 0.3) is 11.8 Å². The maximum atomic E-state index is 13.1. The van der Waals surface area contributed by atoms with Gasteiger partial charge in [0.1, 0.15) is 12.0 Å². The van der Waals surface area contributed by atoms with Crippen molar-refractivity contribution >= 4 is 28.4 Å². The van der Waals surface area contributed by atoms with Crippen LogP contribution in [0.2, 0.25) is 0 Å². The molecule has 3 aromatic heterocycles. The first-order valence-electron chi connectivity index (χ1n) is 10.7. The SMILES string of the molecule is NC(=O)c1ncn2c(C(=O)NCCCn3ccc4ccccc43)cc(-c3ccccc3)nc12. The highest BCUT2D eigenvalue weighted by Gasteiger charge is 2.19. The smallest absolute Gasteiger partial charge is 0.271 e. The van der Waals surface area contributed by atoms with E-state index in [2.05, 4.69) is 44.2 Å². The van der Waals surface area contributed by atoms with Crippen LogP contribution in [0.25, 0.3) is 27.8 Å². The van der Waals surface area contributed by atoms with E-state index in [9.17, 15) is 9.59 Å². The Balaban J connectivity index is 1.37. The fourth-order valence-electron chi connectivity index (χ4n) is 3.95. The van der Waals surface area contributed by atoms with Crippen molar-refractivity contribution in [2.75, 3.05) is 6.54 Å².